The molecule has 0 saturated heterocycles. The molecule has 12 nitrogen and oxygen atoms in total. The van der Waals surface area contributed by atoms with E-state index in [9.17, 15) is 14.7 Å². The summed E-state index contributed by atoms with van der Waals surface area (Å²) in [5, 5.41) is 21.2. The first-order chi connectivity index (χ1) is 46.7. The summed E-state index contributed by atoms with van der Waals surface area (Å²) in [6.07, 6.45) is 24.1. The highest BCUT2D eigenvalue weighted by Crippen LogP contribution is 2.62. The molecule has 0 aromatic heterocycles. The molecule has 0 spiro atoms. The van der Waals surface area contributed by atoms with Crippen LogP contribution >= 0.6 is 0 Å². The predicted octanol–water partition coefficient (Wildman–Crippen LogP) is 13.8. The van der Waals surface area contributed by atoms with E-state index < -0.39 is 5.97 Å². The lowest BCUT2D eigenvalue weighted by Crippen LogP contribution is -3.00. The molecular formula is C84H111ClN7O5+. The number of hydrogen-bond acceptors (Lipinski definition) is 8. The minimum Gasteiger partial charge on any atom is -1.00 e. The number of carboxylic acid groups (broad SMARTS) is 1. The number of amides is 1. The number of nitrogens with one attached hydrogen (secondary N) is 2. The van der Waals surface area contributed by atoms with Gasteiger partial charge >= 0.3 is 5.97 Å². The van der Waals surface area contributed by atoms with Crippen LogP contribution < -0.4 is 58.4 Å². The zero-order chi connectivity index (χ0) is 67.1. The molecule has 16 rings (SSSR count). The number of carbonyl (C=O) groups is 2. The first-order valence-corrected chi connectivity index (χ1v) is 37.6. The van der Waals surface area contributed by atoms with E-state index in [1.807, 2.05) is 30.3 Å². The van der Waals surface area contributed by atoms with Crippen LogP contribution in [0.3, 0.4) is 0 Å². The molecule has 8 saturated carbocycles. The number of aromatic carboxylic acids is 1. The number of fused-ring (bicyclic) bond motifs is 4. The highest BCUT2D eigenvalue weighted by Gasteiger charge is 2.51. The normalized spacial score (nSPS) is 22.4. The van der Waals surface area contributed by atoms with Gasteiger partial charge in [-0.15, -0.1) is 0 Å². The number of benzene rings is 6. The molecule has 0 atom stereocenters. The number of anilines is 2. The second kappa shape index (κ2) is 31.9. The summed E-state index contributed by atoms with van der Waals surface area (Å²) in [6.45, 7) is 27.3. The predicted molar refractivity (Wildman–Crippen MR) is 397 cm³/mol. The van der Waals surface area contributed by atoms with Crippen molar-refractivity contribution >= 4 is 45.2 Å². The molecule has 2 heterocycles. The van der Waals surface area contributed by atoms with Crippen LogP contribution in [0.4, 0.5) is 11.4 Å². The Morgan fingerprint density at radius 3 is 1.37 bits per heavy atom. The summed E-state index contributed by atoms with van der Waals surface area (Å²) in [5.74, 6) is 6.91. The van der Waals surface area contributed by atoms with Crippen LogP contribution in [0.1, 0.15) is 185 Å². The van der Waals surface area contributed by atoms with Gasteiger partial charge in [0, 0.05) is 112 Å². The van der Waals surface area contributed by atoms with E-state index in [2.05, 4.69) is 164 Å². The van der Waals surface area contributed by atoms with Crippen molar-refractivity contribution < 1.29 is 35.9 Å². The molecule has 0 radical (unpaired) electrons. The fraction of sp³-hybridized carbons (Fsp3) is 0.524. The van der Waals surface area contributed by atoms with Gasteiger partial charge in [-0.25, -0.2) is 13.9 Å². The second-order valence-electron chi connectivity index (χ2n) is 29.5. The Morgan fingerprint density at radius 1 is 0.505 bits per heavy atom. The number of carboxylic acids is 1. The van der Waals surface area contributed by atoms with E-state index in [0.717, 1.165) is 209 Å². The maximum Gasteiger partial charge on any atom is 0.336 e. The number of nitrogens with zero attached hydrogens (tertiary/aromatic N) is 4. The lowest BCUT2D eigenvalue weighted by molar-refractivity contribution is -0.0583. The summed E-state index contributed by atoms with van der Waals surface area (Å²) < 4.78 is 17.8. The maximum atomic E-state index is 13.9. The number of rotatable bonds is 24. The van der Waals surface area contributed by atoms with Crippen molar-refractivity contribution in [1.29, 1.82) is 0 Å². The van der Waals surface area contributed by atoms with Gasteiger partial charge in [0.1, 0.15) is 48.9 Å². The number of carbonyl (C=O) groups excluding carboxylic acids is 1. The Labute approximate surface area is 584 Å². The molecule has 8 fully saturated rings. The van der Waals surface area contributed by atoms with Crippen molar-refractivity contribution in [3.05, 3.63) is 143 Å². The SMILES string of the molecule is CCN(CC)c1ccc2c(-c3ccccc3C(=O)NCCCCCC34CC5CC(CC(C5)C3)C4)c3ccc(=[N+](CC)CC)cc-3oc2c1.CCN(CC)c1ccc2c(-c3ccccc3C(=O)O)c3ccc(=[N+](CC)CC)cc-3oc2c1.NCCCNC12CC3CC(CC(C3)C1)C2.[Cl-]. The van der Waals surface area contributed by atoms with Crippen molar-refractivity contribution in [2.24, 2.45) is 46.7 Å². The lowest BCUT2D eigenvalue weighted by Gasteiger charge is -2.57. The monoisotopic (exact) mass is 1330 g/mol. The van der Waals surface area contributed by atoms with E-state index in [4.69, 9.17) is 14.6 Å². The smallest absolute Gasteiger partial charge is 0.336 e. The number of hydrogen-bond donors (Lipinski definition) is 4. The van der Waals surface area contributed by atoms with Crippen LogP contribution in [0.5, 0.6) is 0 Å². The van der Waals surface area contributed by atoms with Crippen LogP contribution in [-0.2, 0) is 0 Å². The Bertz CT molecular complexity index is 4020. The molecule has 518 valence electrons. The topological polar surface area (TPSA) is 143 Å². The van der Waals surface area contributed by atoms with Gasteiger partial charge in [0.25, 0.3) is 5.91 Å². The van der Waals surface area contributed by atoms with Gasteiger partial charge < -0.3 is 52.5 Å². The summed E-state index contributed by atoms with van der Waals surface area (Å²) in [4.78, 5) is 30.6. The van der Waals surface area contributed by atoms with Crippen molar-refractivity contribution in [2.75, 3.05) is 81.8 Å². The summed E-state index contributed by atoms with van der Waals surface area (Å²) >= 11 is 0. The van der Waals surface area contributed by atoms with Gasteiger partial charge in [-0.05, 0) is 265 Å². The van der Waals surface area contributed by atoms with Crippen molar-refractivity contribution in [3.8, 4) is 44.9 Å². The van der Waals surface area contributed by atoms with Gasteiger partial charge in [-0.1, -0.05) is 49.2 Å². The third-order valence-electron chi connectivity index (χ3n) is 23.5. The molecule has 2 aliphatic heterocycles. The van der Waals surface area contributed by atoms with Gasteiger partial charge in [0.15, 0.2) is 0 Å². The Hall–Kier alpha value is -6.99. The number of nitrogens with two attached hydrogens (primary N) is 1. The van der Waals surface area contributed by atoms with Gasteiger partial charge in [-0.3, -0.25) is 4.79 Å². The largest absolute Gasteiger partial charge is 1.00 e. The summed E-state index contributed by atoms with van der Waals surface area (Å²) in [6, 6.07) is 40.8. The summed E-state index contributed by atoms with van der Waals surface area (Å²) in [7, 11) is 0. The van der Waals surface area contributed by atoms with Crippen molar-refractivity contribution in [3.63, 3.8) is 0 Å². The molecule has 10 aliphatic carbocycles. The Balaban J connectivity index is 0.000000167. The molecular weight excluding hydrogens is 1220 g/mol. The van der Waals surface area contributed by atoms with E-state index in [-0.39, 0.29) is 23.9 Å². The number of halogens is 1. The average Bonchev–Trinajstić information content (AvgIpc) is 0.758. The van der Waals surface area contributed by atoms with Gasteiger partial charge in [0.2, 0.25) is 10.7 Å². The van der Waals surface area contributed by atoms with Crippen LogP contribution in [0.15, 0.2) is 130 Å². The first-order valence-electron chi connectivity index (χ1n) is 37.6. The van der Waals surface area contributed by atoms with Crippen LogP contribution in [0.2, 0.25) is 0 Å². The molecule has 0 unspecified atom stereocenters. The molecule has 97 heavy (non-hydrogen) atoms. The summed E-state index contributed by atoms with van der Waals surface area (Å²) in [5.41, 5.74) is 17.1. The fourth-order valence-electron chi connectivity index (χ4n) is 19.7. The van der Waals surface area contributed by atoms with Crippen LogP contribution in [-0.4, -0.2) is 94.5 Å². The second-order valence-corrected chi connectivity index (χ2v) is 29.5. The van der Waals surface area contributed by atoms with Gasteiger partial charge in [0.05, 0.1) is 17.7 Å². The standard InChI is InChI=1S/C43H55N3O2.C28H30N2O3.C13H24N2.ClH/c1-5-45(6-2)33-16-18-37-39(25-33)48-40-26-34(46(7-3)8-4)17-19-38(40)41(37)35-14-10-11-15-36(35)42(47)44-21-13-9-12-20-43-27-30-22-31(28-43)24-32(23-30)29-43;1-5-29(6-2)19-13-15-23-25(17-19)33-26-18-20(30(7-3)8-4)14-16-24(26)27(23)21-11-9-10-12-22(21)28(31)32;14-2-1-3-15-13-7-10-4-11(8-13)6-12(5-10)9-13;/h10-11,14-19,25-26,30-32H,5-9,12-13,20-24,27-29H2,1-4H3;9-18H,5-8H2,1-4H3;10-12,15H,1-9,14H2;1H/p+1. The highest BCUT2D eigenvalue weighted by molar-refractivity contribution is 6.10. The van der Waals surface area contributed by atoms with E-state index in [1.54, 1.807) is 12.1 Å². The quantitative estimate of drug-likeness (QED) is 0.0264. The third kappa shape index (κ3) is 15.4. The van der Waals surface area contributed by atoms with Crippen LogP contribution in [0, 0.1) is 40.9 Å². The van der Waals surface area contributed by atoms with Crippen LogP contribution in [0.25, 0.3) is 66.8 Å². The minimum absolute atomic E-state index is 0. The average molecular weight is 1330 g/mol. The third-order valence-corrected chi connectivity index (χ3v) is 23.5. The fourth-order valence-corrected chi connectivity index (χ4v) is 19.7. The van der Waals surface area contributed by atoms with E-state index in [1.165, 1.54) is 96.3 Å². The van der Waals surface area contributed by atoms with Gasteiger partial charge in [-0.2, -0.15) is 0 Å². The van der Waals surface area contributed by atoms with Crippen molar-refractivity contribution in [2.45, 2.75) is 170 Å². The highest BCUT2D eigenvalue weighted by atomic mass is 35.5. The first kappa shape index (κ1) is 71.3. The molecule has 5 N–H and O–H groups in total. The molecule has 12 aliphatic rings. The molecule has 4 aromatic rings. The lowest BCUT2D eigenvalue weighted by atomic mass is 9.48. The Kier molecular flexibility index (Phi) is 23.4. The minimum atomic E-state index is -0.938. The van der Waals surface area contributed by atoms with E-state index in [0.29, 0.717) is 16.5 Å². The molecule has 1 amide bonds. The molecule has 4 aromatic carbocycles. The zero-order valence-corrected chi connectivity index (χ0v) is 60.4. The Morgan fingerprint density at radius 2 is 0.938 bits per heavy atom. The molecule has 13 heteroatoms. The molecule has 8 bridgehead atoms. The maximum absolute atomic E-state index is 13.9. The zero-order valence-electron chi connectivity index (χ0n) is 59.6. The van der Waals surface area contributed by atoms with Crippen molar-refractivity contribution in [1.82, 2.24) is 19.8 Å². The van der Waals surface area contributed by atoms with E-state index >= 15 is 0 Å². The number of unbranched alkanes of at least 4 members (excludes halogenated alkanes) is 2.